The van der Waals surface area contributed by atoms with Crippen LogP contribution >= 0.6 is 12.6 Å². The van der Waals surface area contributed by atoms with Crippen LogP contribution in [0.25, 0.3) is 0 Å². The zero-order chi connectivity index (χ0) is 8.81. The van der Waals surface area contributed by atoms with Crippen LogP contribution < -0.4 is 0 Å². The van der Waals surface area contributed by atoms with Gasteiger partial charge in [-0.2, -0.15) is 12.6 Å². The third-order valence-electron chi connectivity index (χ3n) is 1.40. The lowest BCUT2D eigenvalue weighted by atomic mass is 10.2. The van der Waals surface area contributed by atoms with Gasteiger partial charge >= 0.3 is 0 Å². The average molecular weight is 181 g/mol. The Morgan fingerprint density at radius 1 is 1.42 bits per heavy atom. The molecule has 0 heterocycles. The van der Waals surface area contributed by atoms with Crippen molar-refractivity contribution in [2.75, 3.05) is 12.3 Å². The van der Waals surface area contributed by atoms with Crippen molar-refractivity contribution in [3.05, 3.63) is 29.8 Å². The molecule has 1 N–H and O–H groups in total. The quantitative estimate of drug-likeness (QED) is 0.540. The van der Waals surface area contributed by atoms with E-state index in [2.05, 4.69) is 17.6 Å². The van der Waals surface area contributed by atoms with E-state index in [0.717, 1.165) is 11.3 Å². The summed E-state index contributed by atoms with van der Waals surface area (Å²) in [5.74, 6) is 0.991. The van der Waals surface area contributed by atoms with Gasteiger partial charge in [0, 0.05) is 24.1 Å². The van der Waals surface area contributed by atoms with E-state index in [1.807, 2.05) is 12.1 Å². The van der Waals surface area contributed by atoms with E-state index in [1.54, 1.807) is 18.3 Å². The first kappa shape index (κ1) is 9.13. The van der Waals surface area contributed by atoms with E-state index in [9.17, 15) is 5.11 Å². The number of phenolic OH excluding ortho intramolecular Hbond substituents is 1. The van der Waals surface area contributed by atoms with Gasteiger partial charge in [-0.25, -0.2) is 0 Å². The van der Waals surface area contributed by atoms with Gasteiger partial charge < -0.3 is 5.11 Å². The molecule has 3 heteroatoms. The molecule has 0 bridgehead atoms. The highest BCUT2D eigenvalue weighted by atomic mass is 32.1. The normalized spacial score (nSPS) is 10.8. The smallest absolute Gasteiger partial charge is 0.124 e. The number of thiol groups is 1. The molecule has 0 unspecified atom stereocenters. The number of nitrogens with zero attached hydrogens (tertiary/aromatic N) is 1. The van der Waals surface area contributed by atoms with E-state index in [0.29, 0.717) is 6.54 Å². The molecule has 0 spiro atoms. The highest BCUT2D eigenvalue weighted by Crippen LogP contribution is 2.12. The maximum absolute atomic E-state index is 9.30. The number of rotatable bonds is 3. The van der Waals surface area contributed by atoms with E-state index in [-0.39, 0.29) is 5.75 Å². The minimum Gasteiger partial charge on any atom is -0.507 e. The molecule has 0 aromatic heterocycles. The van der Waals surface area contributed by atoms with Gasteiger partial charge in [-0.1, -0.05) is 12.1 Å². The van der Waals surface area contributed by atoms with Crippen molar-refractivity contribution in [1.82, 2.24) is 0 Å². The van der Waals surface area contributed by atoms with Crippen LogP contribution in [-0.2, 0) is 0 Å². The van der Waals surface area contributed by atoms with Crippen molar-refractivity contribution >= 4 is 18.8 Å². The monoisotopic (exact) mass is 181 g/mol. The summed E-state index contributed by atoms with van der Waals surface area (Å²) in [6, 6.07) is 7.10. The molecule has 0 radical (unpaired) electrons. The fourth-order valence-corrected chi connectivity index (χ4v) is 0.933. The van der Waals surface area contributed by atoms with Crippen LogP contribution in [-0.4, -0.2) is 23.6 Å². The van der Waals surface area contributed by atoms with Crippen LogP contribution in [0.15, 0.2) is 29.3 Å². The predicted molar refractivity (Wildman–Crippen MR) is 54.4 cm³/mol. The summed E-state index contributed by atoms with van der Waals surface area (Å²) in [5.41, 5.74) is 0.749. The Morgan fingerprint density at radius 3 is 2.83 bits per heavy atom. The van der Waals surface area contributed by atoms with Crippen molar-refractivity contribution in [1.29, 1.82) is 0 Å². The number of hydrogen-bond acceptors (Lipinski definition) is 3. The molecule has 0 saturated carbocycles. The molecule has 1 aromatic carbocycles. The van der Waals surface area contributed by atoms with Crippen molar-refractivity contribution in [3.63, 3.8) is 0 Å². The maximum atomic E-state index is 9.30. The second-order valence-corrected chi connectivity index (χ2v) is 2.76. The molecule has 0 atom stereocenters. The molecule has 0 fully saturated rings. The summed E-state index contributed by atoms with van der Waals surface area (Å²) < 4.78 is 0. The Morgan fingerprint density at radius 2 is 2.17 bits per heavy atom. The van der Waals surface area contributed by atoms with E-state index in [4.69, 9.17) is 0 Å². The molecule has 64 valence electrons. The number of para-hydroxylation sites is 1. The van der Waals surface area contributed by atoms with Crippen molar-refractivity contribution in [2.24, 2.45) is 4.99 Å². The Bertz CT molecular complexity index is 273. The first-order valence-electron chi connectivity index (χ1n) is 3.73. The first-order valence-corrected chi connectivity index (χ1v) is 4.36. The summed E-state index contributed by atoms with van der Waals surface area (Å²) in [4.78, 5) is 4.06. The van der Waals surface area contributed by atoms with Crippen molar-refractivity contribution in [3.8, 4) is 5.75 Å². The largest absolute Gasteiger partial charge is 0.507 e. The minimum absolute atomic E-state index is 0.264. The highest BCUT2D eigenvalue weighted by molar-refractivity contribution is 7.80. The molecule has 0 saturated heterocycles. The lowest BCUT2D eigenvalue weighted by Crippen LogP contribution is -1.85. The summed E-state index contributed by atoms with van der Waals surface area (Å²) in [5, 5.41) is 9.30. The van der Waals surface area contributed by atoms with Gasteiger partial charge in [-0.15, -0.1) is 0 Å². The summed E-state index contributed by atoms with van der Waals surface area (Å²) >= 11 is 4.02. The number of benzene rings is 1. The average Bonchev–Trinajstić information content (AvgIpc) is 2.09. The Hall–Kier alpha value is -0.960. The maximum Gasteiger partial charge on any atom is 0.124 e. The van der Waals surface area contributed by atoms with Gasteiger partial charge in [0.2, 0.25) is 0 Å². The zero-order valence-corrected chi connectivity index (χ0v) is 7.54. The molecule has 0 aliphatic rings. The highest BCUT2D eigenvalue weighted by Gasteiger charge is 1.92. The number of aliphatic imine (C=N–C) groups is 1. The second kappa shape index (κ2) is 4.83. The molecular formula is C9H11NOS. The van der Waals surface area contributed by atoms with Crippen LogP contribution in [0.3, 0.4) is 0 Å². The second-order valence-electron chi connectivity index (χ2n) is 2.32. The van der Waals surface area contributed by atoms with Crippen molar-refractivity contribution in [2.45, 2.75) is 0 Å². The standard InChI is InChI=1S/C9H11NOS/c11-9-4-2-1-3-8(9)7-10-5-6-12/h1-4,7,11-12H,5-6H2/b10-7+. The van der Waals surface area contributed by atoms with Crippen LogP contribution in [0.1, 0.15) is 5.56 Å². The molecule has 1 rings (SSSR count). The van der Waals surface area contributed by atoms with Crippen LogP contribution in [0.5, 0.6) is 5.75 Å². The lowest BCUT2D eigenvalue weighted by molar-refractivity contribution is 0.474. The Labute approximate surface area is 77.4 Å². The van der Waals surface area contributed by atoms with Gasteiger partial charge in [0.05, 0.1) is 0 Å². The SMILES string of the molecule is Oc1ccccc1/C=N/CCS. The lowest BCUT2D eigenvalue weighted by Gasteiger charge is -1.95. The summed E-state index contributed by atoms with van der Waals surface area (Å²) in [6.45, 7) is 0.678. The molecule has 0 amide bonds. The van der Waals surface area contributed by atoms with Gasteiger partial charge in [0.25, 0.3) is 0 Å². The zero-order valence-electron chi connectivity index (χ0n) is 6.64. The first-order chi connectivity index (χ1) is 5.84. The van der Waals surface area contributed by atoms with Crippen LogP contribution in [0.4, 0.5) is 0 Å². The van der Waals surface area contributed by atoms with Crippen LogP contribution in [0.2, 0.25) is 0 Å². The Kier molecular flexibility index (Phi) is 3.67. The molecule has 12 heavy (non-hydrogen) atoms. The van der Waals surface area contributed by atoms with E-state index >= 15 is 0 Å². The predicted octanol–water partition coefficient (Wildman–Crippen LogP) is 1.74. The molecule has 0 aliphatic carbocycles. The van der Waals surface area contributed by atoms with Gasteiger partial charge in [-0.05, 0) is 12.1 Å². The summed E-state index contributed by atoms with van der Waals surface area (Å²) in [7, 11) is 0. The number of aromatic hydroxyl groups is 1. The molecule has 2 nitrogen and oxygen atoms in total. The fraction of sp³-hybridized carbons (Fsp3) is 0.222. The Balaban J connectivity index is 2.68. The summed E-state index contributed by atoms with van der Waals surface area (Å²) in [6.07, 6.45) is 1.66. The number of hydrogen-bond donors (Lipinski definition) is 2. The topological polar surface area (TPSA) is 32.6 Å². The van der Waals surface area contributed by atoms with Gasteiger partial charge in [0.1, 0.15) is 5.75 Å². The molecule has 1 aromatic rings. The third kappa shape index (κ3) is 2.58. The molecule has 0 aliphatic heterocycles. The third-order valence-corrected chi connectivity index (χ3v) is 1.60. The van der Waals surface area contributed by atoms with Gasteiger partial charge in [0.15, 0.2) is 0 Å². The minimum atomic E-state index is 0.264. The van der Waals surface area contributed by atoms with E-state index < -0.39 is 0 Å². The molecular weight excluding hydrogens is 170 g/mol. The van der Waals surface area contributed by atoms with E-state index in [1.165, 1.54) is 0 Å². The van der Waals surface area contributed by atoms with Crippen molar-refractivity contribution < 1.29 is 5.11 Å². The van der Waals surface area contributed by atoms with Gasteiger partial charge in [-0.3, -0.25) is 4.99 Å². The number of phenols is 1. The fourth-order valence-electron chi connectivity index (χ4n) is 0.817. The van der Waals surface area contributed by atoms with Crippen LogP contribution in [0, 0.1) is 0 Å².